The van der Waals surface area contributed by atoms with Gasteiger partial charge in [0.05, 0.1) is 12.2 Å². The van der Waals surface area contributed by atoms with Crippen molar-refractivity contribution in [2.24, 2.45) is 0 Å². The Labute approximate surface area is 176 Å². The largest absolute Gasteiger partial charge is 0.386 e. The maximum absolute atomic E-state index is 13.4. The molecule has 4 rings (SSSR count). The molecular weight excluding hydrogens is 396 g/mol. The summed E-state index contributed by atoms with van der Waals surface area (Å²) in [7, 11) is -4.01. The zero-order valence-corrected chi connectivity index (χ0v) is 17.4. The smallest absolute Gasteiger partial charge is 0.270 e. The minimum atomic E-state index is -4.01. The predicted octanol–water partition coefficient (Wildman–Crippen LogP) is 4.16. The molecule has 0 amide bonds. The van der Waals surface area contributed by atoms with Gasteiger partial charge in [0.25, 0.3) is 10.0 Å². The monoisotopic (exact) mass is 418 g/mol. The van der Waals surface area contributed by atoms with E-state index >= 15 is 0 Å². The van der Waals surface area contributed by atoms with Crippen molar-refractivity contribution in [3.05, 3.63) is 112 Å². The van der Waals surface area contributed by atoms with Crippen molar-refractivity contribution in [1.29, 1.82) is 0 Å². The highest BCUT2D eigenvalue weighted by Crippen LogP contribution is 2.35. The van der Waals surface area contributed by atoms with E-state index in [4.69, 9.17) is 0 Å². The van der Waals surface area contributed by atoms with Crippen LogP contribution >= 0.6 is 0 Å². The zero-order valence-electron chi connectivity index (χ0n) is 16.6. The summed E-state index contributed by atoms with van der Waals surface area (Å²) in [6.07, 6.45) is 1.32. The van der Waals surface area contributed by atoms with Gasteiger partial charge in [-0.1, -0.05) is 72.3 Å². The SMILES string of the molecule is Cc1ccc(CN2c3ccccc3C(=O)C(=CNCc3ccccc3)S2(=O)=O)cc1. The standard InChI is InChI=1S/C24H22N2O3S/c1-18-11-13-20(14-12-18)17-26-22-10-6-5-9-21(22)24(27)23(30(26,28)29)16-25-15-19-7-3-2-4-8-19/h2-14,16,25H,15,17H2,1H3. The number of carbonyl (C=O) groups excluding carboxylic acids is 1. The molecular formula is C24H22N2O3S. The topological polar surface area (TPSA) is 66.5 Å². The van der Waals surface area contributed by atoms with Crippen LogP contribution in [0.3, 0.4) is 0 Å². The Balaban J connectivity index is 1.70. The van der Waals surface area contributed by atoms with E-state index in [1.807, 2.05) is 61.5 Å². The molecule has 1 aliphatic heterocycles. The van der Waals surface area contributed by atoms with Gasteiger partial charge in [-0.3, -0.25) is 9.10 Å². The fourth-order valence-electron chi connectivity index (χ4n) is 3.41. The van der Waals surface area contributed by atoms with Gasteiger partial charge < -0.3 is 5.32 Å². The van der Waals surface area contributed by atoms with Gasteiger partial charge in [0.15, 0.2) is 4.91 Å². The number of ketones is 1. The Bertz CT molecular complexity index is 1200. The first-order valence-electron chi connectivity index (χ1n) is 9.66. The van der Waals surface area contributed by atoms with Crippen molar-refractivity contribution in [3.8, 4) is 0 Å². The van der Waals surface area contributed by atoms with Gasteiger partial charge in [0, 0.05) is 18.3 Å². The van der Waals surface area contributed by atoms with Crippen molar-refractivity contribution in [3.63, 3.8) is 0 Å². The number of rotatable bonds is 5. The number of aryl methyl sites for hydroxylation is 1. The first-order valence-corrected chi connectivity index (χ1v) is 11.1. The zero-order chi connectivity index (χ0) is 21.1. The van der Waals surface area contributed by atoms with Crippen molar-refractivity contribution in [2.75, 3.05) is 4.31 Å². The number of hydrogen-bond donors (Lipinski definition) is 1. The molecule has 30 heavy (non-hydrogen) atoms. The summed E-state index contributed by atoms with van der Waals surface area (Å²) in [5.41, 5.74) is 3.73. The number of carbonyl (C=O) groups is 1. The minimum absolute atomic E-state index is 0.156. The molecule has 0 unspecified atom stereocenters. The van der Waals surface area contributed by atoms with E-state index < -0.39 is 15.8 Å². The van der Waals surface area contributed by atoms with Gasteiger partial charge in [-0.05, 0) is 30.2 Å². The van der Waals surface area contributed by atoms with Crippen LogP contribution in [0.4, 0.5) is 5.69 Å². The number of Topliss-reactive ketones (excluding diaryl/α,β-unsaturated/α-hetero) is 1. The average molecular weight is 419 g/mol. The molecule has 5 nitrogen and oxygen atoms in total. The lowest BCUT2D eigenvalue weighted by atomic mass is 10.1. The molecule has 0 aliphatic carbocycles. The van der Waals surface area contributed by atoms with Crippen LogP contribution in [-0.2, 0) is 23.1 Å². The Hall–Kier alpha value is -3.38. The summed E-state index contributed by atoms with van der Waals surface area (Å²) in [5, 5.41) is 2.99. The molecule has 0 spiro atoms. The fourth-order valence-corrected chi connectivity index (χ4v) is 4.96. The van der Waals surface area contributed by atoms with Gasteiger partial charge >= 0.3 is 0 Å². The summed E-state index contributed by atoms with van der Waals surface area (Å²) in [6.45, 7) is 2.56. The van der Waals surface area contributed by atoms with E-state index in [-0.39, 0.29) is 11.4 Å². The molecule has 1 aliphatic rings. The van der Waals surface area contributed by atoms with Crippen molar-refractivity contribution >= 4 is 21.5 Å². The van der Waals surface area contributed by atoms with Gasteiger partial charge in [-0.2, -0.15) is 0 Å². The lowest BCUT2D eigenvalue weighted by molar-refractivity contribution is 0.104. The molecule has 0 saturated heterocycles. The van der Waals surface area contributed by atoms with Gasteiger partial charge in [-0.15, -0.1) is 0 Å². The molecule has 6 heteroatoms. The molecule has 0 fully saturated rings. The lowest BCUT2D eigenvalue weighted by Crippen LogP contribution is -2.39. The maximum atomic E-state index is 13.4. The Morgan fingerprint density at radius 1 is 0.867 bits per heavy atom. The summed E-state index contributed by atoms with van der Waals surface area (Å²) < 4.78 is 28.1. The summed E-state index contributed by atoms with van der Waals surface area (Å²) in [5.74, 6) is -0.494. The van der Waals surface area contributed by atoms with Crippen LogP contribution in [0.5, 0.6) is 0 Å². The molecule has 0 radical (unpaired) electrons. The number of hydrogen-bond acceptors (Lipinski definition) is 4. The molecule has 1 heterocycles. The number of allylic oxidation sites excluding steroid dienone is 1. The van der Waals surface area contributed by atoms with Gasteiger partial charge in [-0.25, -0.2) is 8.42 Å². The van der Waals surface area contributed by atoms with Gasteiger partial charge in [0.2, 0.25) is 5.78 Å². The minimum Gasteiger partial charge on any atom is -0.386 e. The third-order valence-electron chi connectivity index (χ3n) is 5.04. The van der Waals surface area contributed by atoms with Crippen LogP contribution in [0.25, 0.3) is 0 Å². The number of anilines is 1. The maximum Gasteiger partial charge on any atom is 0.270 e. The predicted molar refractivity (Wildman–Crippen MR) is 118 cm³/mol. The Morgan fingerprint density at radius 3 is 2.27 bits per heavy atom. The number of sulfonamides is 1. The number of fused-ring (bicyclic) bond motifs is 1. The number of nitrogens with zero attached hydrogens (tertiary/aromatic N) is 1. The van der Waals surface area contributed by atoms with Crippen LogP contribution in [0.15, 0.2) is 90.0 Å². The Morgan fingerprint density at radius 2 is 1.53 bits per heavy atom. The lowest BCUT2D eigenvalue weighted by Gasteiger charge is -2.31. The van der Waals surface area contributed by atoms with E-state index in [1.165, 1.54) is 10.5 Å². The summed E-state index contributed by atoms with van der Waals surface area (Å²) in [6, 6.07) is 24.1. The van der Waals surface area contributed by atoms with Crippen LogP contribution in [0.1, 0.15) is 27.0 Å². The molecule has 0 atom stereocenters. The third-order valence-corrected chi connectivity index (χ3v) is 6.80. The van der Waals surface area contributed by atoms with Crippen molar-refractivity contribution < 1.29 is 13.2 Å². The van der Waals surface area contributed by atoms with Crippen LogP contribution in [0, 0.1) is 6.92 Å². The number of nitrogens with one attached hydrogen (secondary N) is 1. The average Bonchev–Trinajstić information content (AvgIpc) is 2.75. The van der Waals surface area contributed by atoms with E-state index in [2.05, 4.69) is 5.32 Å². The third kappa shape index (κ3) is 3.86. The summed E-state index contributed by atoms with van der Waals surface area (Å²) >= 11 is 0. The number of benzene rings is 3. The second-order valence-electron chi connectivity index (χ2n) is 7.22. The van der Waals surface area contributed by atoms with E-state index in [0.717, 1.165) is 16.7 Å². The normalized spacial score (nSPS) is 16.4. The van der Waals surface area contributed by atoms with E-state index in [1.54, 1.807) is 24.3 Å². The highest BCUT2D eigenvalue weighted by atomic mass is 32.2. The Kier molecular flexibility index (Phi) is 5.42. The first-order chi connectivity index (χ1) is 14.5. The first kappa shape index (κ1) is 19.9. The van der Waals surface area contributed by atoms with E-state index in [0.29, 0.717) is 17.8 Å². The quantitative estimate of drug-likeness (QED) is 0.632. The molecule has 3 aromatic rings. The molecule has 1 N–H and O–H groups in total. The van der Waals surface area contributed by atoms with Crippen molar-refractivity contribution in [2.45, 2.75) is 20.0 Å². The molecule has 152 valence electrons. The molecule has 0 bridgehead atoms. The van der Waals surface area contributed by atoms with Crippen LogP contribution in [-0.4, -0.2) is 14.2 Å². The molecule has 0 aromatic heterocycles. The highest BCUT2D eigenvalue weighted by molar-refractivity contribution is 7.97. The van der Waals surface area contributed by atoms with Crippen LogP contribution < -0.4 is 9.62 Å². The van der Waals surface area contributed by atoms with Crippen molar-refractivity contribution in [1.82, 2.24) is 5.32 Å². The molecule has 3 aromatic carbocycles. The van der Waals surface area contributed by atoms with Crippen LogP contribution in [0.2, 0.25) is 0 Å². The highest BCUT2D eigenvalue weighted by Gasteiger charge is 2.39. The second-order valence-corrected chi connectivity index (χ2v) is 9.05. The molecule has 0 saturated carbocycles. The second kappa shape index (κ2) is 8.16. The summed E-state index contributed by atoms with van der Waals surface area (Å²) in [4.78, 5) is 12.8. The number of para-hydroxylation sites is 1. The fraction of sp³-hybridized carbons (Fsp3) is 0.125. The van der Waals surface area contributed by atoms with E-state index in [9.17, 15) is 13.2 Å². The van der Waals surface area contributed by atoms with Gasteiger partial charge in [0.1, 0.15) is 0 Å².